The molecule has 0 saturated heterocycles. The van der Waals surface area contributed by atoms with Crippen LogP contribution in [0, 0.1) is 0 Å². The first kappa shape index (κ1) is 14.1. The molecule has 3 rings (SSSR count). The largest absolute Gasteiger partial charge is 0.488 e. The lowest BCUT2D eigenvalue weighted by molar-refractivity contribution is 0.197. The number of hydrogen-bond acceptors (Lipinski definition) is 4. The van der Waals surface area contributed by atoms with Gasteiger partial charge in [-0.25, -0.2) is 4.98 Å². The highest BCUT2D eigenvalue weighted by molar-refractivity contribution is 5.37. The number of benzene rings is 1. The molecule has 1 aromatic heterocycles. The van der Waals surface area contributed by atoms with E-state index in [1.807, 2.05) is 24.7 Å². The van der Waals surface area contributed by atoms with Crippen LogP contribution in [0.4, 0.5) is 0 Å². The van der Waals surface area contributed by atoms with Crippen LogP contribution >= 0.6 is 0 Å². The molecule has 1 aliphatic rings. The number of imidazole rings is 1. The van der Waals surface area contributed by atoms with E-state index >= 15 is 0 Å². The molecule has 0 fully saturated rings. The van der Waals surface area contributed by atoms with Crippen molar-refractivity contribution in [2.75, 3.05) is 20.3 Å². The summed E-state index contributed by atoms with van der Waals surface area (Å²) in [6.07, 6.45) is 4.93. The number of rotatable bonds is 7. The molecule has 0 saturated carbocycles. The van der Waals surface area contributed by atoms with Crippen molar-refractivity contribution < 1.29 is 9.47 Å². The number of nitrogens with zero attached hydrogens (tertiary/aromatic N) is 2. The minimum atomic E-state index is 0.189. The summed E-state index contributed by atoms with van der Waals surface area (Å²) in [7, 11) is 1.71. The Kier molecular flexibility index (Phi) is 4.52. The normalized spacial score (nSPS) is 16.7. The van der Waals surface area contributed by atoms with Crippen LogP contribution < -0.4 is 10.1 Å². The molecule has 0 radical (unpaired) electrons. The van der Waals surface area contributed by atoms with Gasteiger partial charge in [0, 0.05) is 32.8 Å². The Morgan fingerprint density at radius 2 is 2.33 bits per heavy atom. The Labute approximate surface area is 124 Å². The van der Waals surface area contributed by atoms with E-state index in [-0.39, 0.29) is 6.10 Å². The van der Waals surface area contributed by atoms with Gasteiger partial charge in [0.2, 0.25) is 0 Å². The first-order chi connectivity index (χ1) is 10.4. The zero-order valence-electron chi connectivity index (χ0n) is 12.3. The second-order valence-corrected chi connectivity index (χ2v) is 5.26. The van der Waals surface area contributed by atoms with Crippen LogP contribution in [-0.4, -0.2) is 35.9 Å². The monoisotopic (exact) mass is 287 g/mol. The van der Waals surface area contributed by atoms with E-state index in [1.165, 1.54) is 11.3 Å². The van der Waals surface area contributed by atoms with Crippen molar-refractivity contribution in [3.63, 3.8) is 0 Å². The topological polar surface area (TPSA) is 48.3 Å². The number of fused-ring (bicyclic) bond motifs is 1. The van der Waals surface area contributed by atoms with Gasteiger partial charge in [-0.15, -0.1) is 0 Å². The fraction of sp³-hybridized carbons (Fsp3) is 0.438. The molecule has 2 heterocycles. The maximum absolute atomic E-state index is 5.99. The summed E-state index contributed by atoms with van der Waals surface area (Å²) in [4.78, 5) is 4.25. The van der Waals surface area contributed by atoms with Gasteiger partial charge < -0.3 is 19.4 Å². The molecule has 1 aliphatic heterocycles. The minimum Gasteiger partial charge on any atom is -0.488 e. The van der Waals surface area contributed by atoms with Crippen molar-refractivity contribution in [3.05, 3.63) is 48.0 Å². The third-order valence-corrected chi connectivity index (χ3v) is 3.70. The molecule has 21 heavy (non-hydrogen) atoms. The first-order valence-corrected chi connectivity index (χ1v) is 7.30. The van der Waals surface area contributed by atoms with E-state index in [0.29, 0.717) is 0 Å². The maximum Gasteiger partial charge on any atom is 0.123 e. The van der Waals surface area contributed by atoms with Gasteiger partial charge in [0.25, 0.3) is 0 Å². The lowest BCUT2D eigenvalue weighted by Gasteiger charge is -2.14. The summed E-state index contributed by atoms with van der Waals surface area (Å²) in [6, 6.07) is 8.25. The van der Waals surface area contributed by atoms with Gasteiger partial charge in [0.15, 0.2) is 0 Å². The molecular formula is C16H21N3O2. The summed E-state index contributed by atoms with van der Waals surface area (Å²) in [5.74, 6) is 1.02. The Bertz CT molecular complexity index is 557. The lowest BCUT2D eigenvalue weighted by atomic mass is 10.1. The van der Waals surface area contributed by atoms with Crippen LogP contribution in [0.5, 0.6) is 5.75 Å². The molecule has 1 unspecified atom stereocenters. The molecule has 0 spiro atoms. The van der Waals surface area contributed by atoms with E-state index in [0.717, 1.165) is 38.4 Å². The highest BCUT2D eigenvalue weighted by atomic mass is 16.5. The maximum atomic E-state index is 5.99. The summed E-state index contributed by atoms with van der Waals surface area (Å²) >= 11 is 0. The molecule has 1 N–H and O–H groups in total. The Morgan fingerprint density at radius 1 is 1.43 bits per heavy atom. The van der Waals surface area contributed by atoms with Gasteiger partial charge in [-0.2, -0.15) is 0 Å². The Balaban J connectivity index is 1.56. The molecule has 2 aromatic rings. The zero-order valence-corrected chi connectivity index (χ0v) is 12.3. The second kappa shape index (κ2) is 6.74. The van der Waals surface area contributed by atoms with Crippen LogP contribution in [0.3, 0.4) is 0 Å². The van der Waals surface area contributed by atoms with Gasteiger partial charge in [-0.05, 0) is 11.6 Å². The smallest absolute Gasteiger partial charge is 0.123 e. The quantitative estimate of drug-likeness (QED) is 0.786. The average molecular weight is 287 g/mol. The van der Waals surface area contributed by atoms with Crippen molar-refractivity contribution in [1.29, 1.82) is 0 Å². The zero-order chi connectivity index (χ0) is 14.5. The fourth-order valence-corrected chi connectivity index (χ4v) is 2.63. The summed E-state index contributed by atoms with van der Waals surface area (Å²) in [6.45, 7) is 3.18. The average Bonchev–Trinajstić information content (AvgIpc) is 3.10. The summed E-state index contributed by atoms with van der Waals surface area (Å²) in [5.41, 5.74) is 2.47. The molecule has 112 valence electrons. The van der Waals surface area contributed by atoms with Crippen LogP contribution in [0.1, 0.15) is 11.3 Å². The van der Waals surface area contributed by atoms with Crippen LogP contribution in [0.25, 0.3) is 0 Å². The van der Waals surface area contributed by atoms with Crippen LogP contribution in [0.15, 0.2) is 36.8 Å². The molecule has 1 aromatic carbocycles. The number of methoxy groups -OCH3 is 1. The Morgan fingerprint density at radius 3 is 3.19 bits per heavy atom. The van der Waals surface area contributed by atoms with Crippen molar-refractivity contribution >= 4 is 0 Å². The molecular weight excluding hydrogens is 266 g/mol. The SMILES string of the molecule is COCCNCc1cncn1CC1Cc2ccccc2O1. The predicted molar refractivity (Wildman–Crippen MR) is 80.4 cm³/mol. The lowest BCUT2D eigenvalue weighted by Crippen LogP contribution is -2.24. The molecule has 0 bridgehead atoms. The first-order valence-electron chi connectivity index (χ1n) is 7.30. The number of nitrogens with one attached hydrogen (secondary N) is 1. The van der Waals surface area contributed by atoms with Crippen molar-refractivity contribution in [3.8, 4) is 5.75 Å². The van der Waals surface area contributed by atoms with Gasteiger partial charge >= 0.3 is 0 Å². The van der Waals surface area contributed by atoms with Crippen LogP contribution in [-0.2, 0) is 24.2 Å². The Hall–Kier alpha value is -1.85. The van der Waals surface area contributed by atoms with Gasteiger partial charge in [-0.1, -0.05) is 18.2 Å². The van der Waals surface area contributed by atoms with Gasteiger partial charge in [0.1, 0.15) is 11.9 Å². The van der Waals surface area contributed by atoms with E-state index in [4.69, 9.17) is 9.47 Å². The van der Waals surface area contributed by atoms with E-state index in [2.05, 4.69) is 27.0 Å². The fourth-order valence-electron chi connectivity index (χ4n) is 2.63. The summed E-state index contributed by atoms with van der Waals surface area (Å²) in [5, 5.41) is 3.34. The molecule has 1 atom stereocenters. The second-order valence-electron chi connectivity index (χ2n) is 5.26. The highest BCUT2D eigenvalue weighted by Gasteiger charge is 2.23. The third-order valence-electron chi connectivity index (χ3n) is 3.70. The molecule has 5 nitrogen and oxygen atoms in total. The van der Waals surface area contributed by atoms with E-state index < -0.39 is 0 Å². The van der Waals surface area contributed by atoms with Gasteiger partial charge in [-0.3, -0.25) is 0 Å². The van der Waals surface area contributed by atoms with E-state index in [9.17, 15) is 0 Å². The van der Waals surface area contributed by atoms with Gasteiger partial charge in [0.05, 0.1) is 25.2 Å². The minimum absolute atomic E-state index is 0.189. The summed E-state index contributed by atoms with van der Waals surface area (Å²) < 4.78 is 13.2. The molecule has 5 heteroatoms. The van der Waals surface area contributed by atoms with Crippen molar-refractivity contribution in [2.24, 2.45) is 0 Å². The van der Waals surface area contributed by atoms with E-state index in [1.54, 1.807) is 7.11 Å². The number of para-hydroxylation sites is 1. The third kappa shape index (κ3) is 3.43. The standard InChI is InChI=1S/C16H21N3O2/c1-20-7-6-17-9-14-10-18-12-19(14)11-15-8-13-4-2-3-5-16(13)21-15/h2-5,10,12,15,17H,6-9,11H2,1H3. The predicted octanol–water partition coefficient (Wildman–Crippen LogP) is 1.62. The van der Waals surface area contributed by atoms with Crippen molar-refractivity contribution in [2.45, 2.75) is 25.6 Å². The molecule has 0 aliphatic carbocycles. The number of aromatic nitrogens is 2. The van der Waals surface area contributed by atoms with Crippen molar-refractivity contribution in [1.82, 2.24) is 14.9 Å². The molecule has 0 amide bonds. The number of ether oxygens (including phenoxy) is 2. The highest BCUT2D eigenvalue weighted by Crippen LogP contribution is 2.28. The van der Waals surface area contributed by atoms with Crippen LogP contribution in [0.2, 0.25) is 0 Å². The number of hydrogen-bond donors (Lipinski definition) is 1.